The molecule has 0 atom stereocenters. The van der Waals surface area contributed by atoms with Crippen LogP contribution in [0.3, 0.4) is 0 Å². The van der Waals surface area contributed by atoms with E-state index in [1.54, 1.807) is 0 Å². The van der Waals surface area contributed by atoms with Crippen LogP contribution in [0.2, 0.25) is 8.87 Å². The first-order valence-electron chi connectivity index (χ1n) is 5.79. The average molecular weight is 307 g/mol. The number of unbranched alkanes of at least 4 members (excludes halogenated alkanes) is 1. The molecule has 0 saturated heterocycles. The summed E-state index contributed by atoms with van der Waals surface area (Å²) in [7, 11) is 0. The van der Waals surface area contributed by atoms with Gasteiger partial charge in [0.05, 0.1) is 0 Å². The Morgan fingerprint density at radius 2 is 1.64 bits per heavy atom. The van der Waals surface area contributed by atoms with Crippen LogP contribution in [0.15, 0.2) is 0 Å². The fourth-order valence-corrected chi connectivity index (χ4v) is 4.92. The molecule has 0 aromatic heterocycles. The SMILES string of the molecule is CCC[CH2][Sn][CH2]CC(OCC)OCC. The van der Waals surface area contributed by atoms with Crippen molar-refractivity contribution >= 4 is 21.1 Å². The van der Waals surface area contributed by atoms with Crippen molar-refractivity contribution in [3.8, 4) is 0 Å². The van der Waals surface area contributed by atoms with E-state index in [2.05, 4.69) is 6.92 Å². The molecule has 0 N–H and O–H groups in total. The Bertz CT molecular complexity index is 103. The van der Waals surface area contributed by atoms with Crippen LogP contribution in [-0.2, 0) is 9.47 Å². The summed E-state index contributed by atoms with van der Waals surface area (Å²) in [6.07, 6.45) is 3.98. The predicted octanol–water partition coefficient (Wildman–Crippen LogP) is 3.12. The van der Waals surface area contributed by atoms with Crippen LogP contribution in [-0.4, -0.2) is 40.6 Å². The second-order valence-electron chi connectivity index (χ2n) is 3.23. The van der Waals surface area contributed by atoms with E-state index in [1.165, 1.54) is 21.7 Å². The molecular formula is C11H24O2Sn. The van der Waals surface area contributed by atoms with Gasteiger partial charge in [-0.1, -0.05) is 0 Å². The van der Waals surface area contributed by atoms with Gasteiger partial charge in [0.2, 0.25) is 0 Å². The molecule has 0 unspecified atom stereocenters. The Morgan fingerprint density at radius 3 is 2.14 bits per heavy atom. The maximum atomic E-state index is 5.49. The molecule has 0 aliphatic heterocycles. The molecule has 0 fully saturated rings. The van der Waals surface area contributed by atoms with E-state index >= 15 is 0 Å². The van der Waals surface area contributed by atoms with Gasteiger partial charge >= 0.3 is 99.0 Å². The average Bonchev–Trinajstić information content (AvgIpc) is 2.18. The van der Waals surface area contributed by atoms with Crippen molar-refractivity contribution in [3.05, 3.63) is 0 Å². The van der Waals surface area contributed by atoms with Gasteiger partial charge in [0.1, 0.15) is 0 Å². The number of hydrogen-bond donors (Lipinski definition) is 0. The number of rotatable bonds is 10. The van der Waals surface area contributed by atoms with Crippen molar-refractivity contribution < 1.29 is 9.47 Å². The quantitative estimate of drug-likeness (QED) is 0.351. The van der Waals surface area contributed by atoms with Crippen LogP contribution in [0.4, 0.5) is 0 Å². The van der Waals surface area contributed by atoms with Crippen LogP contribution in [0.25, 0.3) is 0 Å². The molecule has 2 radical (unpaired) electrons. The molecule has 14 heavy (non-hydrogen) atoms. The molecule has 0 amide bonds. The van der Waals surface area contributed by atoms with Gasteiger partial charge in [0.25, 0.3) is 0 Å². The molecule has 0 aromatic carbocycles. The van der Waals surface area contributed by atoms with Crippen LogP contribution in [0.1, 0.15) is 40.0 Å². The van der Waals surface area contributed by atoms with Crippen molar-refractivity contribution in [1.29, 1.82) is 0 Å². The van der Waals surface area contributed by atoms with Crippen LogP contribution in [0, 0.1) is 0 Å². The van der Waals surface area contributed by atoms with Gasteiger partial charge < -0.3 is 0 Å². The molecule has 2 nitrogen and oxygen atoms in total. The molecule has 0 aliphatic rings. The first-order chi connectivity index (χ1) is 6.85. The molecule has 0 spiro atoms. The van der Waals surface area contributed by atoms with E-state index in [9.17, 15) is 0 Å². The first-order valence-corrected chi connectivity index (χ1v) is 9.82. The third-order valence-corrected chi connectivity index (χ3v) is 5.82. The summed E-state index contributed by atoms with van der Waals surface area (Å²) < 4.78 is 13.9. The monoisotopic (exact) mass is 308 g/mol. The van der Waals surface area contributed by atoms with E-state index in [1.807, 2.05) is 13.8 Å². The minimum atomic E-state index is -0.0932. The Kier molecular flexibility index (Phi) is 12.4. The zero-order valence-corrected chi connectivity index (χ0v) is 12.7. The Morgan fingerprint density at radius 1 is 1.00 bits per heavy atom. The van der Waals surface area contributed by atoms with Gasteiger partial charge in [-0.15, -0.1) is 0 Å². The molecule has 0 aliphatic carbocycles. The van der Waals surface area contributed by atoms with Crippen molar-refractivity contribution in [2.75, 3.05) is 13.2 Å². The third kappa shape index (κ3) is 9.28. The van der Waals surface area contributed by atoms with Crippen molar-refractivity contribution in [2.45, 2.75) is 55.2 Å². The van der Waals surface area contributed by atoms with Crippen LogP contribution in [0.5, 0.6) is 0 Å². The van der Waals surface area contributed by atoms with Gasteiger partial charge in [-0.05, 0) is 0 Å². The summed E-state index contributed by atoms with van der Waals surface area (Å²) in [6.45, 7) is 7.87. The standard InChI is InChI=1S/C7H15O2.C4H9.Sn/c1-4-7(8-5-2)9-6-3;1-3-4-2;/h7H,1,4-6H2,2-3H3;1,3-4H2,2H3;. The topological polar surface area (TPSA) is 18.5 Å². The van der Waals surface area contributed by atoms with Crippen LogP contribution >= 0.6 is 0 Å². The summed E-state index contributed by atoms with van der Waals surface area (Å²) in [4.78, 5) is 0. The maximum absolute atomic E-state index is 5.49. The number of ether oxygens (including phenoxy) is 2. The van der Waals surface area contributed by atoms with Crippen LogP contribution < -0.4 is 0 Å². The zero-order valence-electron chi connectivity index (χ0n) is 9.84. The fourth-order valence-electron chi connectivity index (χ4n) is 1.23. The van der Waals surface area contributed by atoms with Gasteiger partial charge in [-0.3, -0.25) is 0 Å². The summed E-state index contributed by atoms with van der Waals surface area (Å²) in [5.41, 5.74) is 0. The van der Waals surface area contributed by atoms with Crippen molar-refractivity contribution in [3.63, 3.8) is 0 Å². The van der Waals surface area contributed by atoms with E-state index in [0.717, 1.165) is 19.6 Å². The summed E-state index contributed by atoms with van der Waals surface area (Å²) in [5.74, 6) is 0. The predicted molar refractivity (Wildman–Crippen MR) is 61.9 cm³/mol. The molecule has 0 saturated carbocycles. The minimum absolute atomic E-state index is 0.0764. The van der Waals surface area contributed by atoms with E-state index < -0.39 is 0 Å². The Hall–Kier alpha value is 0.719. The summed E-state index contributed by atoms with van der Waals surface area (Å²) in [6, 6.07) is 0. The zero-order chi connectivity index (χ0) is 10.6. The normalized spacial score (nSPS) is 11.1. The number of hydrogen-bond acceptors (Lipinski definition) is 2. The second-order valence-corrected chi connectivity index (χ2v) is 7.51. The molecule has 0 heterocycles. The second kappa shape index (κ2) is 11.8. The van der Waals surface area contributed by atoms with Crippen molar-refractivity contribution in [1.82, 2.24) is 0 Å². The van der Waals surface area contributed by atoms with E-state index in [0.29, 0.717) is 0 Å². The van der Waals surface area contributed by atoms with E-state index in [4.69, 9.17) is 9.47 Å². The van der Waals surface area contributed by atoms with Gasteiger partial charge in [0.15, 0.2) is 0 Å². The molecule has 0 aromatic rings. The Balaban J connectivity index is 3.30. The van der Waals surface area contributed by atoms with Gasteiger partial charge in [-0.25, -0.2) is 0 Å². The molecule has 84 valence electrons. The summed E-state index contributed by atoms with van der Waals surface area (Å²) >= 11 is -0.0932. The molecule has 3 heteroatoms. The van der Waals surface area contributed by atoms with E-state index in [-0.39, 0.29) is 27.4 Å². The molecule has 0 rings (SSSR count). The first kappa shape index (κ1) is 14.7. The van der Waals surface area contributed by atoms with Crippen molar-refractivity contribution in [2.24, 2.45) is 0 Å². The Labute approximate surface area is 99.0 Å². The molecule has 0 bridgehead atoms. The molecular weight excluding hydrogens is 283 g/mol. The third-order valence-electron chi connectivity index (χ3n) is 1.97. The summed E-state index contributed by atoms with van der Waals surface area (Å²) in [5, 5.41) is 0. The van der Waals surface area contributed by atoms with Gasteiger partial charge in [-0.2, -0.15) is 0 Å². The fraction of sp³-hybridized carbons (Fsp3) is 1.00. The van der Waals surface area contributed by atoms with Gasteiger partial charge in [0, 0.05) is 0 Å².